The summed E-state index contributed by atoms with van der Waals surface area (Å²) in [5.74, 6) is 1.47. The number of aryl methyl sites for hydroxylation is 4. The van der Waals surface area contributed by atoms with Crippen molar-refractivity contribution in [3.63, 3.8) is 0 Å². The molecule has 1 atom stereocenters. The van der Waals surface area contributed by atoms with E-state index in [2.05, 4.69) is 51.3 Å². The van der Waals surface area contributed by atoms with Crippen molar-refractivity contribution in [3.05, 3.63) is 88.1 Å². The zero-order valence-corrected chi connectivity index (χ0v) is 31.3. The van der Waals surface area contributed by atoms with Gasteiger partial charge in [-0.15, -0.1) is 0 Å². The number of carboxylic acid groups (broad SMARTS) is 1. The third-order valence-corrected chi connectivity index (χ3v) is 10.6. The molecule has 1 N–H and O–H groups in total. The normalized spacial score (nSPS) is 16.9. The molecule has 0 amide bonds. The number of hydrogen-bond donors (Lipinski definition) is 1. The van der Waals surface area contributed by atoms with Gasteiger partial charge in [0.25, 0.3) is 0 Å². The van der Waals surface area contributed by atoms with E-state index < -0.39 is 17.7 Å². The summed E-state index contributed by atoms with van der Waals surface area (Å²) in [6.07, 6.45) is 8.28. The van der Waals surface area contributed by atoms with E-state index in [0.717, 1.165) is 128 Å². The number of carboxylic acids is 1. The van der Waals surface area contributed by atoms with Crippen LogP contribution in [0.1, 0.15) is 98.3 Å². The van der Waals surface area contributed by atoms with Gasteiger partial charge in [0, 0.05) is 60.6 Å². The Morgan fingerprint density at radius 3 is 2.50 bits per heavy atom. The molecule has 7 rings (SSSR count). The van der Waals surface area contributed by atoms with Gasteiger partial charge in [0.2, 0.25) is 0 Å². The summed E-state index contributed by atoms with van der Waals surface area (Å²) < 4.78 is 18.1. The van der Waals surface area contributed by atoms with Gasteiger partial charge in [-0.2, -0.15) is 0 Å². The van der Waals surface area contributed by atoms with Crippen LogP contribution in [-0.4, -0.2) is 58.0 Å². The monoisotopic (exact) mass is 704 g/mol. The Kier molecular flexibility index (Phi) is 10.6. The molecular formula is C43H52N4O5. The second-order valence-corrected chi connectivity index (χ2v) is 15.7. The van der Waals surface area contributed by atoms with Crippen LogP contribution in [0.3, 0.4) is 0 Å². The van der Waals surface area contributed by atoms with E-state index in [9.17, 15) is 9.90 Å². The lowest BCUT2D eigenvalue weighted by Crippen LogP contribution is -2.31. The summed E-state index contributed by atoms with van der Waals surface area (Å²) in [5, 5.41) is 10.8. The van der Waals surface area contributed by atoms with Gasteiger partial charge in [0.05, 0.1) is 12.2 Å². The van der Waals surface area contributed by atoms with Gasteiger partial charge in [0.15, 0.2) is 6.10 Å². The van der Waals surface area contributed by atoms with Gasteiger partial charge in [-0.1, -0.05) is 24.3 Å². The average Bonchev–Trinajstić information content (AvgIpc) is 3.13. The van der Waals surface area contributed by atoms with E-state index in [1.165, 1.54) is 11.1 Å². The summed E-state index contributed by atoms with van der Waals surface area (Å²) in [4.78, 5) is 29.6. The van der Waals surface area contributed by atoms with Crippen molar-refractivity contribution in [2.45, 2.75) is 104 Å². The van der Waals surface area contributed by atoms with Crippen LogP contribution < -0.4 is 9.64 Å². The fourth-order valence-corrected chi connectivity index (χ4v) is 8.10. The van der Waals surface area contributed by atoms with Gasteiger partial charge >= 0.3 is 5.97 Å². The first kappa shape index (κ1) is 36.0. The van der Waals surface area contributed by atoms with Crippen molar-refractivity contribution in [3.8, 4) is 28.0 Å². The van der Waals surface area contributed by atoms with Crippen LogP contribution in [-0.2, 0) is 40.1 Å². The number of aliphatic carboxylic acids is 1. The second-order valence-electron chi connectivity index (χ2n) is 15.7. The van der Waals surface area contributed by atoms with E-state index in [1.54, 1.807) is 6.33 Å². The first-order valence-electron chi connectivity index (χ1n) is 19.0. The average molecular weight is 705 g/mol. The Hall–Kier alpha value is -4.34. The first-order valence-corrected chi connectivity index (χ1v) is 19.0. The predicted octanol–water partition coefficient (Wildman–Crippen LogP) is 8.40. The van der Waals surface area contributed by atoms with Crippen molar-refractivity contribution in [1.82, 2.24) is 15.0 Å². The molecule has 9 nitrogen and oxygen atoms in total. The SMILES string of the molecule is Cc1cc(N2CCc3cc(-c4c(CCCC5CCOCC5)nc(C)c([C@H](OC(C)(C)C)C(=O)O)c4-c4ccc5c(c4)CCCO5)ccc3C2)ncn1. The van der Waals surface area contributed by atoms with Gasteiger partial charge in [-0.05, 0) is 137 Å². The smallest absolute Gasteiger partial charge is 0.337 e. The molecule has 0 saturated carbocycles. The molecule has 0 radical (unpaired) electrons. The maximum atomic E-state index is 13.2. The molecule has 0 bridgehead atoms. The zero-order valence-electron chi connectivity index (χ0n) is 31.3. The summed E-state index contributed by atoms with van der Waals surface area (Å²) in [5.41, 5.74) is 10.2. The fraction of sp³-hybridized carbons (Fsp3) is 0.488. The summed E-state index contributed by atoms with van der Waals surface area (Å²) in [6, 6.07) is 15.2. The third kappa shape index (κ3) is 8.01. The van der Waals surface area contributed by atoms with E-state index in [4.69, 9.17) is 19.2 Å². The number of anilines is 1. The highest BCUT2D eigenvalue weighted by Gasteiger charge is 2.34. The lowest BCUT2D eigenvalue weighted by molar-refractivity contribution is -0.160. The van der Waals surface area contributed by atoms with Crippen LogP contribution in [0.25, 0.3) is 22.3 Å². The number of aromatic nitrogens is 3. The molecule has 2 aromatic heterocycles. The van der Waals surface area contributed by atoms with Gasteiger partial charge in [-0.3, -0.25) is 4.98 Å². The molecule has 4 aromatic rings. The Morgan fingerprint density at radius 1 is 0.962 bits per heavy atom. The van der Waals surface area contributed by atoms with Crippen LogP contribution in [0, 0.1) is 19.8 Å². The lowest BCUT2D eigenvalue weighted by Gasteiger charge is -2.31. The fourth-order valence-electron chi connectivity index (χ4n) is 8.10. The summed E-state index contributed by atoms with van der Waals surface area (Å²) >= 11 is 0. The lowest BCUT2D eigenvalue weighted by atomic mass is 9.83. The number of rotatable bonds is 10. The van der Waals surface area contributed by atoms with Crippen LogP contribution in [0.5, 0.6) is 5.75 Å². The molecule has 0 spiro atoms. The maximum Gasteiger partial charge on any atom is 0.337 e. The molecule has 274 valence electrons. The molecule has 3 aliphatic rings. The van der Waals surface area contributed by atoms with Gasteiger partial charge < -0.3 is 24.2 Å². The van der Waals surface area contributed by atoms with Crippen molar-refractivity contribution in [2.24, 2.45) is 5.92 Å². The van der Waals surface area contributed by atoms with E-state index >= 15 is 0 Å². The molecule has 0 unspecified atom stereocenters. The molecular weight excluding hydrogens is 652 g/mol. The van der Waals surface area contributed by atoms with E-state index in [0.29, 0.717) is 23.8 Å². The minimum Gasteiger partial charge on any atom is -0.493 e. The number of pyridine rings is 1. The van der Waals surface area contributed by atoms with E-state index in [-0.39, 0.29) is 0 Å². The topological polar surface area (TPSA) is 107 Å². The number of hydrogen-bond acceptors (Lipinski definition) is 8. The number of fused-ring (bicyclic) bond motifs is 2. The molecule has 1 fully saturated rings. The first-order chi connectivity index (χ1) is 25.0. The highest BCUT2D eigenvalue weighted by Crippen LogP contribution is 2.45. The minimum absolute atomic E-state index is 0.616. The standard InChI is InChI=1S/C43H52N4O5/c1-27-22-37(45-26-44-27)47-18-15-30-23-32(11-12-34(30)25-47)39-35(10-6-8-29-16-20-50-21-17-29)46-28(2)38(41(42(48)49)52-43(3,4)5)40(39)33-13-14-36-31(24-33)9-7-19-51-36/h11-14,22-24,26,29,41H,6-10,15-21,25H2,1-5H3,(H,48,49)/t41-/m0/s1. The van der Waals surface area contributed by atoms with Crippen LogP contribution in [0.2, 0.25) is 0 Å². The highest BCUT2D eigenvalue weighted by molar-refractivity contribution is 5.91. The third-order valence-electron chi connectivity index (χ3n) is 10.6. The molecule has 9 heteroatoms. The molecule has 0 aliphatic carbocycles. The summed E-state index contributed by atoms with van der Waals surface area (Å²) in [7, 11) is 0. The van der Waals surface area contributed by atoms with E-state index in [1.807, 2.05) is 40.7 Å². The molecule has 3 aliphatic heterocycles. The Balaban J connectivity index is 1.39. The molecule has 52 heavy (non-hydrogen) atoms. The Morgan fingerprint density at radius 2 is 1.73 bits per heavy atom. The van der Waals surface area contributed by atoms with Crippen LogP contribution in [0.4, 0.5) is 5.82 Å². The Bertz CT molecular complexity index is 1930. The number of carbonyl (C=O) groups is 1. The second kappa shape index (κ2) is 15.3. The number of nitrogens with zero attached hydrogens (tertiary/aromatic N) is 4. The number of ether oxygens (including phenoxy) is 3. The zero-order chi connectivity index (χ0) is 36.4. The predicted molar refractivity (Wildman–Crippen MR) is 203 cm³/mol. The van der Waals surface area contributed by atoms with Crippen molar-refractivity contribution in [1.29, 1.82) is 0 Å². The van der Waals surface area contributed by atoms with Crippen molar-refractivity contribution in [2.75, 3.05) is 31.3 Å². The van der Waals surface area contributed by atoms with Gasteiger partial charge in [0.1, 0.15) is 17.9 Å². The van der Waals surface area contributed by atoms with Crippen molar-refractivity contribution >= 4 is 11.8 Å². The number of benzene rings is 2. The largest absolute Gasteiger partial charge is 0.493 e. The molecule has 5 heterocycles. The highest BCUT2D eigenvalue weighted by atomic mass is 16.5. The quantitative estimate of drug-likeness (QED) is 0.174. The molecule has 1 saturated heterocycles. The van der Waals surface area contributed by atoms with Crippen molar-refractivity contribution < 1.29 is 24.1 Å². The van der Waals surface area contributed by atoms with Gasteiger partial charge in [-0.25, -0.2) is 14.8 Å². The van der Waals surface area contributed by atoms with Crippen LogP contribution in [0.15, 0.2) is 48.8 Å². The Labute approximate surface area is 307 Å². The summed E-state index contributed by atoms with van der Waals surface area (Å²) in [6.45, 7) is 13.6. The minimum atomic E-state index is -1.20. The van der Waals surface area contributed by atoms with Crippen LogP contribution >= 0.6 is 0 Å². The molecule has 2 aromatic carbocycles. The maximum absolute atomic E-state index is 13.2.